The van der Waals surface area contributed by atoms with Crippen LogP contribution in [0.3, 0.4) is 0 Å². The molecular formula is C13H23F3N2O. The van der Waals surface area contributed by atoms with Crippen molar-refractivity contribution in [3.05, 3.63) is 0 Å². The second-order valence-electron chi connectivity index (χ2n) is 5.47. The summed E-state index contributed by atoms with van der Waals surface area (Å²) in [6.45, 7) is 6.08. The van der Waals surface area contributed by atoms with Gasteiger partial charge in [-0.05, 0) is 45.7 Å². The van der Waals surface area contributed by atoms with Crippen molar-refractivity contribution >= 4 is 5.91 Å². The molecule has 0 radical (unpaired) electrons. The number of hydrogen-bond acceptors (Lipinski definition) is 2. The quantitative estimate of drug-likeness (QED) is 0.839. The van der Waals surface area contributed by atoms with Crippen LogP contribution in [0.2, 0.25) is 0 Å². The topological polar surface area (TPSA) is 32.3 Å². The molecule has 0 aliphatic carbocycles. The summed E-state index contributed by atoms with van der Waals surface area (Å²) in [5, 5.41) is 3.26. The van der Waals surface area contributed by atoms with Gasteiger partial charge in [-0.1, -0.05) is 0 Å². The molecule has 1 aliphatic rings. The molecule has 0 saturated carbocycles. The normalized spacial score (nSPS) is 20.6. The van der Waals surface area contributed by atoms with Gasteiger partial charge in [0.1, 0.15) is 0 Å². The van der Waals surface area contributed by atoms with E-state index in [0.717, 1.165) is 25.9 Å². The van der Waals surface area contributed by atoms with Gasteiger partial charge in [0.2, 0.25) is 5.91 Å². The third-order valence-electron chi connectivity index (χ3n) is 3.42. The number of rotatable bonds is 5. The summed E-state index contributed by atoms with van der Waals surface area (Å²) in [5.74, 6) is -0.0381. The fourth-order valence-corrected chi connectivity index (χ4v) is 2.35. The van der Waals surface area contributed by atoms with Crippen molar-refractivity contribution in [3.8, 4) is 0 Å². The predicted molar refractivity (Wildman–Crippen MR) is 67.7 cm³/mol. The Morgan fingerprint density at radius 3 is 2.58 bits per heavy atom. The minimum atomic E-state index is -4.26. The zero-order chi connectivity index (χ0) is 14.5. The largest absolute Gasteiger partial charge is 0.389 e. The molecule has 1 N–H and O–H groups in total. The van der Waals surface area contributed by atoms with Gasteiger partial charge >= 0.3 is 6.18 Å². The Morgan fingerprint density at radius 2 is 2.11 bits per heavy atom. The van der Waals surface area contributed by atoms with E-state index in [4.69, 9.17) is 0 Å². The number of carbonyl (C=O) groups is 1. The van der Waals surface area contributed by atoms with Crippen molar-refractivity contribution in [2.75, 3.05) is 19.6 Å². The molecule has 19 heavy (non-hydrogen) atoms. The molecule has 1 rings (SSSR count). The molecule has 1 aliphatic heterocycles. The first-order chi connectivity index (χ1) is 8.79. The van der Waals surface area contributed by atoms with Crippen LogP contribution >= 0.6 is 0 Å². The molecule has 6 heteroatoms. The maximum Gasteiger partial charge on any atom is 0.389 e. The van der Waals surface area contributed by atoms with Crippen molar-refractivity contribution in [1.29, 1.82) is 0 Å². The molecule has 1 fully saturated rings. The molecule has 1 atom stereocenters. The number of hydrogen-bond donors (Lipinski definition) is 1. The number of alkyl halides is 3. The molecule has 0 bridgehead atoms. The molecular weight excluding hydrogens is 257 g/mol. The second kappa shape index (κ2) is 7.12. The lowest BCUT2D eigenvalue weighted by atomic mass is 9.98. The molecule has 0 aromatic carbocycles. The number of piperidine rings is 1. The standard InChI is InChI=1S/C13H23F3N2O/c1-10(2)18(9-11-4-3-7-17-8-11)12(19)5-6-13(14,15)16/h10-11,17H,3-9H2,1-2H3. The summed E-state index contributed by atoms with van der Waals surface area (Å²) in [7, 11) is 0. The number of carbonyl (C=O) groups excluding carboxylic acids is 1. The maximum absolute atomic E-state index is 12.2. The van der Waals surface area contributed by atoms with Gasteiger partial charge in [0, 0.05) is 19.0 Å². The first-order valence-electron chi connectivity index (χ1n) is 6.86. The van der Waals surface area contributed by atoms with Gasteiger partial charge < -0.3 is 10.2 Å². The first-order valence-corrected chi connectivity index (χ1v) is 6.86. The summed E-state index contributed by atoms with van der Waals surface area (Å²) >= 11 is 0. The number of nitrogens with one attached hydrogen (secondary N) is 1. The Bertz CT molecular complexity index is 286. The molecule has 0 aromatic rings. The number of nitrogens with zero attached hydrogens (tertiary/aromatic N) is 1. The lowest BCUT2D eigenvalue weighted by Crippen LogP contribution is -2.44. The van der Waals surface area contributed by atoms with Gasteiger partial charge in [-0.2, -0.15) is 13.2 Å². The molecule has 1 saturated heterocycles. The summed E-state index contributed by atoms with van der Waals surface area (Å²) in [4.78, 5) is 13.5. The smallest absolute Gasteiger partial charge is 0.340 e. The molecule has 0 spiro atoms. The molecule has 112 valence electrons. The SMILES string of the molecule is CC(C)N(CC1CCCNC1)C(=O)CCC(F)(F)F. The van der Waals surface area contributed by atoms with E-state index in [0.29, 0.717) is 12.5 Å². The Kier molecular flexibility index (Phi) is 6.10. The Morgan fingerprint density at radius 1 is 1.42 bits per heavy atom. The van der Waals surface area contributed by atoms with Gasteiger partial charge in [0.05, 0.1) is 6.42 Å². The van der Waals surface area contributed by atoms with E-state index in [1.165, 1.54) is 0 Å². The second-order valence-corrected chi connectivity index (χ2v) is 5.47. The van der Waals surface area contributed by atoms with Crippen LogP contribution in [-0.2, 0) is 4.79 Å². The average molecular weight is 280 g/mol. The van der Waals surface area contributed by atoms with Crippen LogP contribution in [-0.4, -0.2) is 42.7 Å². The molecule has 3 nitrogen and oxygen atoms in total. The van der Waals surface area contributed by atoms with Crippen molar-refractivity contribution in [1.82, 2.24) is 10.2 Å². The van der Waals surface area contributed by atoms with Crippen molar-refractivity contribution in [3.63, 3.8) is 0 Å². The number of halogens is 3. The molecule has 1 amide bonds. The van der Waals surface area contributed by atoms with Crippen LogP contribution in [0, 0.1) is 5.92 Å². The highest BCUT2D eigenvalue weighted by Crippen LogP contribution is 2.23. The van der Waals surface area contributed by atoms with Crippen LogP contribution in [0.4, 0.5) is 13.2 Å². The maximum atomic E-state index is 12.2. The van der Waals surface area contributed by atoms with Crippen LogP contribution in [0.15, 0.2) is 0 Å². The molecule has 1 heterocycles. The van der Waals surface area contributed by atoms with E-state index in [1.54, 1.807) is 4.90 Å². The van der Waals surface area contributed by atoms with E-state index in [1.807, 2.05) is 13.8 Å². The van der Waals surface area contributed by atoms with Crippen molar-refractivity contribution in [2.45, 2.75) is 51.7 Å². The van der Waals surface area contributed by atoms with E-state index in [2.05, 4.69) is 5.32 Å². The molecule has 0 aromatic heterocycles. The fourth-order valence-electron chi connectivity index (χ4n) is 2.35. The van der Waals surface area contributed by atoms with Crippen LogP contribution in [0.5, 0.6) is 0 Å². The van der Waals surface area contributed by atoms with Crippen molar-refractivity contribution < 1.29 is 18.0 Å². The third kappa shape index (κ3) is 6.27. The van der Waals surface area contributed by atoms with Crippen molar-refractivity contribution in [2.24, 2.45) is 5.92 Å². The van der Waals surface area contributed by atoms with Gasteiger partial charge in [-0.15, -0.1) is 0 Å². The Balaban J connectivity index is 2.48. The minimum Gasteiger partial charge on any atom is -0.340 e. The van der Waals surface area contributed by atoms with Crippen LogP contribution < -0.4 is 5.32 Å². The fraction of sp³-hybridized carbons (Fsp3) is 0.923. The molecule has 1 unspecified atom stereocenters. The van der Waals surface area contributed by atoms with Crippen LogP contribution in [0.25, 0.3) is 0 Å². The predicted octanol–water partition coefficient (Wildman–Crippen LogP) is 2.57. The summed E-state index contributed by atoms with van der Waals surface area (Å²) < 4.78 is 36.5. The highest BCUT2D eigenvalue weighted by atomic mass is 19.4. The lowest BCUT2D eigenvalue weighted by molar-refractivity contribution is -0.150. The summed E-state index contributed by atoms with van der Waals surface area (Å²) in [6, 6.07) is -0.0531. The van der Waals surface area contributed by atoms with E-state index < -0.39 is 24.9 Å². The van der Waals surface area contributed by atoms with Gasteiger partial charge in [-0.3, -0.25) is 4.79 Å². The van der Waals surface area contributed by atoms with E-state index in [-0.39, 0.29) is 6.04 Å². The van der Waals surface area contributed by atoms with Crippen LogP contribution in [0.1, 0.15) is 39.5 Å². The monoisotopic (exact) mass is 280 g/mol. The summed E-state index contributed by atoms with van der Waals surface area (Å²) in [5.41, 5.74) is 0. The number of amides is 1. The van der Waals surface area contributed by atoms with E-state index in [9.17, 15) is 18.0 Å². The Labute approximate surface area is 112 Å². The van der Waals surface area contributed by atoms with Gasteiger partial charge in [0.15, 0.2) is 0 Å². The highest BCUT2D eigenvalue weighted by Gasteiger charge is 2.30. The first kappa shape index (κ1) is 16.3. The highest BCUT2D eigenvalue weighted by molar-refractivity contribution is 5.76. The van der Waals surface area contributed by atoms with Gasteiger partial charge in [0.25, 0.3) is 0 Å². The lowest BCUT2D eigenvalue weighted by Gasteiger charge is -2.33. The van der Waals surface area contributed by atoms with E-state index >= 15 is 0 Å². The minimum absolute atomic E-state index is 0.0531. The zero-order valence-corrected chi connectivity index (χ0v) is 11.6. The Hall–Kier alpha value is -0.780. The summed E-state index contributed by atoms with van der Waals surface area (Å²) in [6.07, 6.45) is -3.64. The third-order valence-corrected chi connectivity index (χ3v) is 3.42. The average Bonchev–Trinajstić information content (AvgIpc) is 2.33. The van der Waals surface area contributed by atoms with Gasteiger partial charge in [-0.25, -0.2) is 0 Å². The zero-order valence-electron chi connectivity index (χ0n) is 11.6.